The summed E-state index contributed by atoms with van der Waals surface area (Å²) >= 11 is 0. The Morgan fingerprint density at radius 3 is 2.78 bits per heavy atom. The Morgan fingerprint density at radius 2 is 2.13 bits per heavy atom. The largest absolute Gasteiger partial charge is 0.469 e. The quantitative estimate of drug-likeness (QED) is 0.570. The molecule has 0 unspecified atom stereocenters. The van der Waals surface area contributed by atoms with Crippen molar-refractivity contribution < 1.29 is 9.15 Å². The van der Waals surface area contributed by atoms with Crippen LogP contribution in [-0.2, 0) is 11.2 Å². The van der Waals surface area contributed by atoms with Crippen LogP contribution in [0.4, 0.5) is 0 Å². The summed E-state index contributed by atoms with van der Waals surface area (Å²) in [6, 6.07) is 3.91. The van der Waals surface area contributed by atoms with E-state index >= 15 is 0 Å². The fourth-order valence-corrected chi connectivity index (χ4v) is 3.11. The Hall–Kier alpha value is -1.49. The van der Waals surface area contributed by atoms with Crippen LogP contribution in [0.25, 0.3) is 0 Å². The molecule has 0 aromatic carbocycles. The monoisotopic (exact) mass is 321 g/mol. The van der Waals surface area contributed by atoms with E-state index < -0.39 is 0 Å². The number of furan rings is 1. The molecular weight excluding hydrogens is 290 g/mol. The van der Waals surface area contributed by atoms with Crippen LogP contribution in [0.3, 0.4) is 0 Å². The van der Waals surface area contributed by atoms with E-state index in [0.717, 1.165) is 57.1 Å². The van der Waals surface area contributed by atoms with Crippen LogP contribution in [0.5, 0.6) is 0 Å². The highest BCUT2D eigenvalue weighted by molar-refractivity contribution is 5.79. The van der Waals surface area contributed by atoms with Crippen LogP contribution in [0.1, 0.15) is 51.2 Å². The molecule has 1 aromatic rings. The van der Waals surface area contributed by atoms with Crippen LogP contribution >= 0.6 is 0 Å². The fourth-order valence-electron chi connectivity index (χ4n) is 3.11. The molecule has 1 heterocycles. The summed E-state index contributed by atoms with van der Waals surface area (Å²) in [5.41, 5.74) is -0.0209. The van der Waals surface area contributed by atoms with Gasteiger partial charge in [0.15, 0.2) is 5.96 Å². The third kappa shape index (κ3) is 5.90. The van der Waals surface area contributed by atoms with Gasteiger partial charge in [0.1, 0.15) is 5.76 Å². The number of nitrogens with one attached hydrogen (secondary N) is 2. The smallest absolute Gasteiger partial charge is 0.191 e. The lowest BCUT2D eigenvalue weighted by Gasteiger charge is -2.37. The maximum Gasteiger partial charge on any atom is 0.191 e. The Kier molecular flexibility index (Phi) is 7.46. The van der Waals surface area contributed by atoms with Gasteiger partial charge >= 0.3 is 0 Å². The first-order chi connectivity index (χ1) is 11.3. The lowest BCUT2D eigenvalue weighted by molar-refractivity contribution is -0.0657. The second-order valence-corrected chi connectivity index (χ2v) is 6.27. The summed E-state index contributed by atoms with van der Waals surface area (Å²) < 4.78 is 11.6. The first kappa shape index (κ1) is 17.9. The van der Waals surface area contributed by atoms with Gasteiger partial charge in [-0.05, 0) is 31.4 Å². The molecule has 1 saturated carbocycles. The Balaban J connectivity index is 1.77. The summed E-state index contributed by atoms with van der Waals surface area (Å²) in [6.45, 7) is 4.63. The molecule has 5 nitrogen and oxygen atoms in total. The number of hydrogen-bond donors (Lipinski definition) is 2. The molecule has 5 heteroatoms. The molecule has 0 aliphatic heterocycles. The molecule has 2 N–H and O–H groups in total. The summed E-state index contributed by atoms with van der Waals surface area (Å²) in [5, 5.41) is 6.80. The number of hydrogen-bond acceptors (Lipinski definition) is 3. The van der Waals surface area contributed by atoms with Crippen molar-refractivity contribution >= 4 is 5.96 Å². The predicted octanol–water partition coefficient (Wildman–Crippen LogP) is 3.12. The van der Waals surface area contributed by atoms with E-state index in [1.54, 1.807) is 6.26 Å². The first-order valence-electron chi connectivity index (χ1n) is 8.89. The van der Waals surface area contributed by atoms with Crippen molar-refractivity contribution in [1.82, 2.24) is 10.6 Å². The fraction of sp³-hybridized carbons (Fsp3) is 0.722. The zero-order valence-corrected chi connectivity index (χ0v) is 14.6. The number of ether oxygens (including phenoxy) is 1. The first-order valence-corrected chi connectivity index (χ1v) is 8.89. The average Bonchev–Trinajstić information content (AvgIpc) is 3.10. The van der Waals surface area contributed by atoms with Gasteiger partial charge in [0.2, 0.25) is 0 Å². The molecule has 23 heavy (non-hydrogen) atoms. The van der Waals surface area contributed by atoms with Crippen LogP contribution < -0.4 is 10.6 Å². The van der Waals surface area contributed by atoms with Crippen molar-refractivity contribution in [2.45, 2.75) is 57.5 Å². The van der Waals surface area contributed by atoms with E-state index in [1.165, 1.54) is 19.3 Å². The topological polar surface area (TPSA) is 58.8 Å². The number of nitrogens with zero attached hydrogens (tertiary/aromatic N) is 1. The van der Waals surface area contributed by atoms with E-state index in [4.69, 9.17) is 9.15 Å². The van der Waals surface area contributed by atoms with Crippen LogP contribution in [0.15, 0.2) is 27.8 Å². The average molecular weight is 321 g/mol. The third-order valence-corrected chi connectivity index (χ3v) is 4.42. The number of guanidine groups is 1. The highest BCUT2D eigenvalue weighted by Gasteiger charge is 2.32. The molecule has 1 aromatic heterocycles. The normalized spacial score (nSPS) is 17.9. The lowest BCUT2D eigenvalue weighted by atomic mass is 9.84. The minimum Gasteiger partial charge on any atom is -0.469 e. The minimum atomic E-state index is -0.0209. The van der Waals surface area contributed by atoms with Crippen molar-refractivity contribution in [3.05, 3.63) is 24.2 Å². The van der Waals surface area contributed by atoms with Gasteiger partial charge in [-0.25, -0.2) is 0 Å². The van der Waals surface area contributed by atoms with Crippen molar-refractivity contribution in [2.75, 3.05) is 26.7 Å². The molecule has 1 fully saturated rings. The van der Waals surface area contributed by atoms with Gasteiger partial charge in [0, 0.05) is 33.2 Å². The lowest BCUT2D eigenvalue weighted by Crippen LogP contribution is -2.50. The van der Waals surface area contributed by atoms with Crippen molar-refractivity contribution in [3.8, 4) is 0 Å². The Morgan fingerprint density at radius 1 is 1.30 bits per heavy atom. The number of aliphatic imine (C=N–C) groups is 1. The molecule has 0 saturated heterocycles. The van der Waals surface area contributed by atoms with E-state index in [0.29, 0.717) is 0 Å². The van der Waals surface area contributed by atoms with E-state index in [9.17, 15) is 0 Å². The summed E-state index contributed by atoms with van der Waals surface area (Å²) in [6.07, 6.45) is 9.76. The second-order valence-electron chi connectivity index (χ2n) is 6.27. The van der Waals surface area contributed by atoms with Crippen molar-refractivity contribution in [3.63, 3.8) is 0 Å². The van der Waals surface area contributed by atoms with Gasteiger partial charge in [-0.1, -0.05) is 26.2 Å². The Bertz CT molecular complexity index is 451. The predicted molar refractivity (Wildman–Crippen MR) is 93.8 cm³/mol. The summed E-state index contributed by atoms with van der Waals surface area (Å²) in [4.78, 5) is 4.31. The van der Waals surface area contributed by atoms with Gasteiger partial charge in [0.25, 0.3) is 0 Å². The zero-order valence-electron chi connectivity index (χ0n) is 14.6. The maximum absolute atomic E-state index is 6.22. The number of rotatable bonds is 8. The van der Waals surface area contributed by atoms with E-state index in [-0.39, 0.29) is 5.60 Å². The molecule has 0 amide bonds. The van der Waals surface area contributed by atoms with Gasteiger partial charge in [0.05, 0.1) is 11.9 Å². The van der Waals surface area contributed by atoms with Gasteiger partial charge in [-0.15, -0.1) is 0 Å². The zero-order chi connectivity index (χ0) is 16.4. The molecule has 0 atom stereocenters. The van der Waals surface area contributed by atoms with E-state index in [2.05, 4.69) is 22.5 Å². The second kappa shape index (κ2) is 9.60. The van der Waals surface area contributed by atoms with Gasteiger partial charge in [-0.2, -0.15) is 0 Å². The van der Waals surface area contributed by atoms with Crippen molar-refractivity contribution in [2.24, 2.45) is 4.99 Å². The molecule has 130 valence electrons. The SMILES string of the molecule is CCCOC1(CNC(=NC)NCCc2ccco2)CCCCC1. The highest BCUT2D eigenvalue weighted by atomic mass is 16.5. The molecule has 2 rings (SSSR count). The van der Waals surface area contributed by atoms with Crippen LogP contribution in [0.2, 0.25) is 0 Å². The van der Waals surface area contributed by atoms with Crippen LogP contribution in [-0.4, -0.2) is 38.3 Å². The molecule has 0 spiro atoms. The minimum absolute atomic E-state index is 0.0209. The standard InChI is InChI=1S/C18H31N3O2/c1-3-13-23-18(10-5-4-6-11-18)15-21-17(19-2)20-12-9-16-8-7-14-22-16/h7-8,14H,3-6,9-13,15H2,1-2H3,(H2,19,20,21). The molecule has 0 bridgehead atoms. The van der Waals surface area contributed by atoms with Crippen molar-refractivity contribution in [1.29, 1.82) is 0 Å². The van der Waals surface area contributed by atoms with E-state index in [1.807, 2.05) is 19.2 Å². The molecule has 1 aliphatic rings. The van der Waals surface area contributed by atoms with Gasteiger partial charge in [-0.3, -0.25) is 4.99 Å². The van der Waals surface area contributed by atoms with Gasteiger partial charge < -0.3 is 19.8 Å². The molecule has 0 radical (unpaired) electrons. The molecular formula is C18H31N3O2. The van der Waals surface area contributed by atoms with Crippen LogP contribution in [0, 0.1) is 0 Å². The molecule has 1 aliphatic carbocycles. The summed E-state index contributed by atoms with van der Waals surface area (Å²) in [5.74, 6) is 1.82. The maximum atomic E-state index is 6.22. The summed E-state index contributed by atoms with van der Waals surface area (Å²) in [7, 11) is 1.81. The third-order valence-electron chi connectivity index (χ3n) is 4.42. The Labute approximate surface area is 139 Å². The highest BCUT2D eigenvalue weighted by Crippen LogP contribution is 2.31.